The lowest BCUT2D eigenvalue weighted by atomic mass is 9.85. The summed E-state index contributed by atoms with van der Waals surface area (Å²) in [7, 11) is 0. The van der Waals surface area contributed by atoms with E-state index in [-0.39, 0.29) is 0 Å². The Bertz CT molecular complexity index is 9110. The molecule has 0 unspecified atom stereocenters. The van der Waals surface area contributed by atoms with Gasteiger partial charge in [-0.25, -0.2) is 0 Å². The van der Waals surface area contributed by atoms with Crippen LogP contribution in [0.3, 0.4) is 0 Å². The van der Waals surface area contributed by atoms with Gasteiger partial charge in [-0.1, -0.05) is 394 Å². The first-order chi connectivity index (χ1) is 67.0. The second kappa shape index (κ2) is 33.8. The number of para-hydroxylation sites is 6. The molecule has 0 aliphatic heterocycles. The minimum absolute atomic E-state index is 0.913. The van der Waals surface area contributed by atoms with Crippen molar-refractivity contribution in [2.24, 2.45) is 0 Å². The minimum Gasteiger partial charge on any atom is -0.455 e. The molecule has 27 aromatic rings. The van der Waals surface area contributed by atoms with Crippen molar-refractivity contribution < 1.29 is 13.3 Å². The van der Waals surface area contributed by atoms with E-state index in [1.165, 1.54) is 143 Å². The molecular formula is C129H81N3O3. The fourth-order valence-electron chi connectivity index (χ4n) is 20.8. The zero-order chi connectivity index (χ0) is 89.2. The second-order valence-electron chi connectivity index (χ2n) is 34.5. The molecule has 21 aromatic carbocycles. The quantitative estimate of drug-likeness (QED) is 0.113. The standard InChI is InChI=1S/3C43H27NO/c1-3-16-37-35(14-1)41(29-23-21-28(22-24-29)32-12-9-25-44-27-32)36-15-2-4-17-38(36)42(37)31-11-7-10-30(26-31)33-18-8-19-39-34-13-5-6-20-40(34)45-43(33)39;1-3-19-36-34(17-1)41(30-14-9-12-28(26-30)32-21-11-22-38-33-16-5-6-24-40(33)45-43(32)38)35-18-2-4-20-37(35)42(36)31-15-10-13-29(27-31)39-23-7-8-25-44-39;1-3-11-37-35(9-1)41(31-20-16-28(17-21-31)29-24-26-44-27-25-29)36-10-2-4-12-38(36)42(37)32-22-18-30(19-23-32)33-13-7-14-39-34-8-5-6-15-40(34)45-43(33)39/h3*1-27H. The predicted octanol–water partition coefficient (Wildman–Crippen LogP) is 35.9. The van der Waals surface area contributed by atoms with Gasteiger partial charge in [-0.05, 0) is 237 Å². The number of nitrogens with zero attached hydrogens (tertiary/aromatic N) is 3. The zero-order valence-corrected chi connectivity index (χ0v) is 73.3. The van der Waals surface area contributed by atoms with Gasteiger partial charge in [-0.3, -0.25) is 15.0 Å². The van der Waals surface area contributed by atoms with Crippen LogP contribution in [-0.4, -0.2) is 15.0 Å². The van der Waals surface area contributed by atoms with Crippen LogP contribution in [0.2, 0.25) is 0 Å². The Morgan fingerprint density at radius 1 is 0.141 bits per heavy atom. The van der Waals surface area contributed by atoms with Gasteiger partial charge in [-0.15, -0.1) is 0 Å². The molecule has 0 atom stereocenters. The number of aromatic nitrogens is 3. The Hall–Kier alpha value is -18.0. The lowest BCUT2D eigenvalue weighted by Gasteiger charge is -2.18. The topological polar surface area (TPSA) is 78.1 Å². The molecule has 0 amide bonds. The summed E-state index contributed by atoms with van der Waals surface area (Å²) in [6, 6.07) is 165. The van der Waals surface area contributed by atoms with Gasteiger partial charge in [0.05, 0.1) is 5.69 Å². The van der Waals surface area contributed by atoms with Gasteiger partial charge >= 0.3 is 0 Å². The Morgan fingerprint density at radius 3 is 0.741 bits per heavy atom. The molecule has 6 nitrogen and oxygen atoms in total. The highest BCUT2D eigenvalue weighted by Gasteiger charge is 2.25. The van der Waals surface area contributed by atoms with E-state index in [2.05, 4.69) is 421 Å². The highest BCUT2D eigenvalue weighted by Crippen LogP contribution is 2.51. The van der Waals surface area contributed by atoms with Crippen molar-refractivity contribution in [3.05, 3.63) is 492 Å². The lowest BCUT2D eigenvalue weighted by Crippen LogP contribution is -1.92. The molecule has 6 heteroatoms. The van der Waals surface area contributed by atoms with Crippen LogP contribution >= 0.6 is 0 Å². The molecule has 6 aromatic heterocycles. The van der Waals surface area contributed by atoms with Crippen molar-refractivity contribution in [1.29, 1.82) is 0 Å². The van der Waals surface area contributed by atoms with Gasteiger partial charge in [-0.2, -0.15) is 0 Å². The molecule has 630 valence electrons. The average Bonchev–Trinajstić information content (AvgIpc) is 1.06. The number of rotatable bonds is 12. The van der Waals surface area contributed by atoms with E-state index >= 15 is 0 Å². The summed E-state index contributed by atoms with van der Waals surface area (Å²) < 4.78 is 19.2. The summed E-state index contributed by atoms with van der Waals surface area (Å²) in [6.07, 6.45) is 9.26. The molecule has 0 saturated heterocycles. The van der Waals surface area contributed by atoms with Crippen LogP contribution < -0.4 is 0 Å². The van der Waals surface area contributed by atoms with Crippen LogP contribution in [0.15, 0.2) is 505 Å². The van der Waals surface area contributed by atoms with Gasteiger partial charge in [0.1, 0.15) is 33.5 Å². The fourth-order valence-corrected chi connectivity index (χ4v) is 20.8. The van der Waals surface area contributed by atoms with Gasteiger partial charge in [0.15, 0.2) is 0 Å². The van der Waals surface area contributed by atoms with Gasteiger partial charge < -0.3 is 13.3 Å². The predicted molar refractivity (Wildman–Crippen MR) is 565 cm³/mol. The first-order valence-electron chi connectivity index (χ1n) is 45.9. The number of benzene rings is 21. The molecule has 6 heterocycles. The first-order valence-corrected chi connectivity index (χ1v) is 45.9. The summed E-state index contributed by atoms with van der Waals surface area (Å²) in [4.78, 5) is 13.1. The molecule has 0 N–H and O–H groups in total. The van der Waals surface area contributed by atoms with Crippen LogP contribution in [0.25, 0.3) is 264 Å². The fraction of sp³-hybridized carbons (Fsp3) is 0. The molecule has 0 aliphatic rings. The van der Waals surface area contributed by atoms with E-state index in [9.17, 15) is 0 Å². The van der Waals surface area contributed by atoms with E-state index in [4.69, 9.17) is 13.3 Å². The van der Waals surface area contributed by atoms with Crippen LogP contribution in [0.5, 0.6) is 0 Å². The average molecular weight is 1720 g/mol. The normalized spacial score (nSPS) is 11.6. The van der Waals surface area contributed by atoms with E-state index in [0.717, 1.165) is 122 Å². The summed E-state index contributed by atoms with van der Waals surface area (Å²) in [5, 5.41) is 21.7. The molecular weight excluding hydrogens is 1640 g/mol. The monoisotopic (exact) mass is 1720 g/mol. The van der Waals surface area contributed by atoms with Gasteiger partial charge in [0.25, 0.3) is 0 Å². The molecule has 0 bridgehead atoms. The van der Waals surface area contributed by atoms with E-state index < -0.39 is 0 Å². The van der Waals surface area contributed by atoms with Crippen molar-refractivity contribution in [2.75, 3.05) is 0 Å². The van der Waals surface area contributed by atoms with Crippen molar-refractivity contribution in [2.45, 2.75) is 0 Å². The van der Waals surface area contributed by atoms with Crippen LogP contribution in [0.1, 0.15) is 0 Å². The van der Waals surface area contributed by atoms with Crippen molar-refractivity contribution in [1.82, 2.24) is 15.0 Å². The summed E-state index contributed by atoms with van der Waals surface area (Å²) in [5.41, 5.74) is 33.6. The Kier molecular flexibility index (Phi) is 19.9. The molecule has 135 heavy (non-hydrogen) atoms. The lowest BCUT2D eigenvalue weighted by molar-refractivity contribution is 0.669. The van der Waals surface area contributed by atoms with Crippen LogP contribution in [0.4, 0.5) is 0 Å². The summed E-state index contributed by atoms with van der Waals surface area (Å²) in [5.74, 6) is 0. The van der Waals surface area contributed by atoms with Crippen molar-refractivity contribution >= 4 is 130 Å². The molecule has 0 fully saturated rings. The third-order valence-corrected chi connectivity index (χ3v) is 26.9. The molecule has 0 spiro atoms. The van der Waals surface area contributed by atoms with Gasteiger partial charge in [0, 0.05) is 85.6 Å². The summed E-state index contributed by atoms with van der Waals surface area (Å²) >= 11 is 0. The van der Waals surface area contributed by atoms with Crippen molar-refractivity contribution in [3.63, 3.8) is 0 Å². The number of fused-ring (bicyclic) bond motifs is 15. The Morgan fingerprint density at radius 2 is 0.400 bits per heavy atom. The zero-order valence-electron chi connectivity index (χ0n) is 73.3. The third-order valence-electron chi connectivity index (χ3n) is 26.9. The highest BCUT2D eigenvalue weighted by molar-refractivity contribution is 6.25. The Labute approximate surface area is 778 Å². The molecule has 0 saturated carbocycles. The number of furan rings is 3. The third kappa shape index (κ3) is 14.1. The number of pyridine rings is 3. The molecule has 27 rings (SSSR count). The molecule has 0 radical (unpaired) electrons. The highest BCUT2D eigenvalue weighted by atomic mass is 16.3. The molecule has 0 aliphatic carbocycles. The van der Waals surface area contributed by atoms with E-state index in [1.807, 2.05) is 85.6 Å². The maximum absolute atomic E-state index is 6.43. The maximum atomic E-state index is 6.43. The van der Waals surface area contributed by atoms with Crippen LogP contribution in [-0.2, 0) is 0 Å². The van der Waals surface area contributed by atoms with Gasteiger partial charge in [0.2, 0.25) is 0 Å². The Balaban J connectivity index is 0.000000108. The van der Waals surface area contributed by atoms with E-state index in [1.54, 1.807) is 0 Å². The number of hydrogen-bond acceptors (Lipinski definition) is 6. The SMILES string of the molecule is c1ccc(-c2cccc(-c3c4ccccc4c(-c4cccc(-c5cccc6c5oc5ccccc56)c4)c4ccccc34)c2)nc1.c1ccc2c(c1)oc1c(-c3ccc(-c4c5ccccc5c(-c5ccc(-c6ccncc6)cc5)c5ccccc45)cc3)cccc12.c1cncc(-c2ccc(-c3c4ccccc4c(-c4cccc(-c5cccc6c5oc5ccccc56)c4)c4ccccc34)cc2)c1. The second-order valence-corrected chi connectivity index (χ2v) is 34.5. The largest absolute Gasteiger partial charge is 0.455 e. The number of hydrogen-bond donors (Lipinski definition) is 0. The van der Waals surface area contributed by atoms with Crippen LogP contribution in [0, 0.1) is 0 Å². The smallest absolute Gasteiger partial charge is 0.143 e. The van der Waals surface area contributed by atoms with E-state index in [0.29, 0.717) is 0 Å². The summed E-state index contributed by atoms with van der Waals surface area (Å²) in [6.45, 7) is 0. The minimum atomic E-state index is 0.913. The van der Waals surface area contributed by atoms with Crippen molar-refractivity contribution in [3.8, 4) is 134 Å². The maximum Gasteiger partial charge on any atom is 0.143 e. The first kappa shape index (κ1) is 79.2.